The van der Waals surface area contributed by atoms with E-state index in [0.717, 1.165) is 5.76 Å². The van der Waals surface area contributed by atoms with Gasteiger partial charge in [-0.25, -0.2) is 0 Å². The average Bonchev–Trinajstić information content (AvgIpc) is 2.75. The van der Waals surface area contributed by atoms with Crippen LogP contribution < -0.4 is 11.1 Å². The van der Waals surface area contributed by atoms with Crippen LogP contribution in [-0.2, 0) is 21.7 Å². The van der Waals surface area contributed by atoms with Gasteiger partial charge in [-0.05, 0) is 13.8 Å². The van der Waals surface area contributed by atoms with Gasteiger partial charge in [0.05, 0.1) is 5.54 Å². The van der Waals surface area contributed by atoms with Gasteiger partial charge in [-0.3, -0.25) is 4.79 Å². The summed E-state index contributed by atoms with van der Waals surface area (Å²) in [6.07, 6.45) is 0. The highest BCUT2D eigenvalue weighted by molar-refractivity contribution is 5.92. The Morgan fingerprint density at radius 3 is 2.52 bits per heavy atom. The second-order valence-electron chi connectivity index (χ2n) is 6.49. The molecule has 7 heteroatoms. The van der Waals surface area contributed by atoms with Crippen LogP contribution >= 0.6 is 0 Å². The number of nitrogens with two attached hydrogens (primary N) is 1. The lowest BCUT2D eigenvalue weighted by Crippen LogP contribution is -2.52. The Morgan fingerprint density at radius 2 is 2.05 bits per heavy atom. The Hall–Kier alpha value is -2.05. The average molecular weight is 296 g/mol. The second kappa shape index (κ2) is 6.15. The lowest BCUT2D eigenvalue weighted by atomic mass is 9.93. The number of amidine groups is 1. The van der Waals surface area contributed by atoms with Crippen LogP contribution in [0.3, 0.4) is 0 Å². The Bertz CT molecular complexity index is 527. The highest BCUT2D eigenvalue weighted by atomic mass is 16.6. The van der Waals surface area contributed by atoms with E-state index in [2.05, 4.69) is 15.6 Å². The van der Waals surface area contributed by atoms with Crippen LogP contribution in [0.5, 0.6) is 0 Å². The number of carbonyl (C=O) groups is 1. The topological polar surface area (TPSA) is 103 Å². The van der Waals surface area contributed by atoms with Gasteiger partial charge in [0.2, 0.25) is 5.91 Å². The molecule has 0 aromatic carbocycles. The first-order valence-electron chi connectivity index (χ1n) is 6.73. The molecule has 0 saturated heterocycles. The van der Waals surface area contributed by atoms with Crippen molar-refractivity contribution in [3.05, 3.63) is 17.5 Å². The van der Waals surface area contributed by atoms with Crippen molar-refractivity contribution in [2.45, 2.75) is 59.1 Å². The maximum Gasteiger partial charge on any atom is 0.217 e. The number of hydrogen-bond donors (Lipinski definition) is 2. The molecule has 118 valence electrons. The van der Waals surface area contributed by atoms with E-state index in [1.54, 1.807) is 13.8 Å². The normalized spacial score (nSPS) is 13.1. The Kier molecular flexibility index (Phi) is 4.98. The van der Waals surface area contributed by atoms with Crippen LogP contribution in [0.2, 0.25) is 0 Å². The minimum atomic E-state index is -0.772. The third-order valence-electron chi connectivity index (χ3n) is 2.80. The molecule has 0 bridgehead atoms. The molecule has 0 aliphatic carbocycles. The molecule has 0 aliphatic rings. The van der Waals surface area contributed by atoms with Gasteiger partial charge in [-0.15, -0.1) is 0 Å². The van der Waals surface area contributed by atoms with E-state index < -0.39 is 5.54 Å². The Balaban J connectivity index is 2.61. The van der Waals surface area contributed by atoms with Gasteiger partial charge >= 0.3 is 0 Å². The van der Waals surface area contributed by atoms with E-state index in [1.807, 2.05) is 26.8 Å². The summed E-state index contributed by atoms with van der Waals surface area (Å²) in [6.45, 7) is 11.1. The Labute approximate surface area is 124 Å². The largest absolute Gasteiger partial charge is 0.388 e. The molecule has 21 heavy (non-hydrogen) atoms. The predicted molar refractivity (Wildman–Crippen MR) is 79.5 cm³/mol. The summed E-state index contributed by atoms with van der Waals surface area (Å²) in [7, 11) is 0. The molecule has 1 aromatic heterocycles. The maximum absolute atomic E-state index is 11.1. The number of carbonyl (C=O) groups excluding carboxylic acids is 1. The molecule has 0 unspecified atom stereocenters. The lowest BCUT2D eigenvalue weighted by Gasteiger charge is -2.23. The molecular weight excluding hydrogens is 272 g/mol. The number of oxime groups is 1. The number of rotatable bonds is 5. The van der Waals surface area contributed by atoms with Gasteiger partial charge in [0.15, 0.2) is 12.4 Å². The van der Waals surface area contributed by atoms with Gasteiger partial charge in [0.25, 0.3) is 0 Å². The summed E-state index contributed by atoms with van der Waals surface area (Å²) in [5.41, 5.74) is 5.56. The first-order chi connectivity index (χ1) is 9.52. The van der Waals surface area contributed by atoms with Crippen LogP contribution in [-0.4, -0.2) is 22.4 Å². The van der Waals surface area contributed by atoms with Crippen molar-refractivity contribution < 1.29 is 14.2 Å². The minimum absolute atomic E-state index is 0.110. The molecule has 1 rings (SSSR count). The smallest absolute Gasteiger partial charge is 0.217 e. The molecule has 0 atom stereocenters. The number of nitrogens with one attached hydrogen (secondary N) is 1. The van der Waals surface area contributed by atoms with E-state index in [9.17, 15) is 4.79 Å². The Morgan fingerprint density at radius 1 is 1.43 bits per heavy atom. The lowest BCUT2D eigenvalue weighted by molar-refractivity contribution is -0.119. The minimum Gasteiger partial charge on any atom is -0.388 e. The molecule has 0 fully saturated rings. The SMILES string of the molecule is CC(=O)NC(C)(C)C(N)=NOCc1cc(C(C)(C)C)on1. The van der Waals surface area contributed by atoms with Crippen LogP contribution in [0.25, 0.3) is 0 Å². The van der Waals surface area contributed by atoms with Gasteiger partial charge in [-0.2, -0.15) is 0 Å². The number of hydrogen-bond acceptors (Lipinski definition) is 5. The first-order valence-corrected chi connectivity index (χ1v) is 6.73. The maximum atomic E-state index is 11.1. The third-order valence-corrected chi connectivity index (χ3v) is 2.80. The van der Waals surface area contributed by atoms with Crippen LogP contribution in [0.4, 0.5) is 0 Å². The van der Waals surface area contributed by atoms with Gasteiger partial charge in [0.1, 0.15) is 11.5 Å². The van der Waals surface area contributed by atoms with E-state index in [-0.39, 0.29) is 23.8 Å². The van der Waals surface area contributed by atoms with Gasteiger partial charge in [-0.1, -0.05) is 31.1 Å². The van der Waals surface area contributed by atoms with Crippen molar-refractivity contribution in [2.75, 3.05) is 0 Å². The van der Waals surface area contributed by atoms with Crippen LogP contribution in [0.1, 0.15) is 53.0 Å². The summed E-state index contributed by atoms with van der Waals surface area (Å²) in [5.74, 6) is 0.762. The summed E-state index contributed by atoms with van der Waals surface area (Å²) < 4.78 is 5.24. The van der Waals surface area contributed by atoms with Gasteiger partial charge in [0, 0.05) is 18.4 Å². The highest BCUT2D eigenvalue weighted by Crippen LogP contribution is 2.22. The molecule has 1 heterocycles. The molecule has 1 amide bonds. The molecule has 7 nitrogen and oxygen atoms in total. The molecular formula is C14H24N4O3. The van der Waals surface area contributed by atoms with Crippen molar-refractivity contribution in [1.29, 1.82) is 0 Å². The standard InChI is InChI=1S/C14H24N4O3/c1-9(19)16-14(5,6)12(15)18-20-8-10-7-11(21-17-10)13(2,3)4/h7H,8H2,1-6H3,(H2,15,18)(H,16,19). The zero-order valence-corrected chi connectivity index (χ0v) is 13.5. The third kappa shape index (κ3) is 5.09. The number of nitrogens with zero attached hydrogens (tertiary/aromatic N) is 2. The zero-order chi connectivity index (χ0) is 16.3. The van der Waals surface area contributed by atoms with Crippen molar-refractivity contribution in [3.8, 4) is 0 Å². The second-order valence-corrected chi connectivity index (χ2v) is 6.49. The molecule has 0 saturated carbocycles. The summed E-state index contributed by atoms with van der Waals surface area (Å²) in [6, 6.07) is 1.82. The van der Waals surface area contributed by atoms with Crippen LogP contribution in [0.15, 0.2) is 15.7 Å². The van der Waals surface area contributed by atoms with Crippen molar-refractivity contribution in [1.82, 2.24) is 10.5 Å². The monoisotopic (exact) mass is 296 g/mol. The highest BCUT2D eigenvalue weighted by Gasteiger charge is 2.24. The molecule has 1 aromatic rings. The van der Waals surface area contributed by atoms with E-state index >= 15 is 0 Å². The van der Waals surface area contributed by atoms with Crippen molar-refractivity contribution >= 4 is 11.7 Å². The molecule has 0 radical (unpaired) electrons. The molecule has 0 aliphatic heterocycles. The molecule has 0 spiro atoms. The summed E-state index contributed by atoms with van der Waals surface area (Å²) >= 11 is 0. The molecule has 3 N–H and O–H groups in total. The van der Waals surface area contributed by atoms with E-state index in [1.165, 1.54) is 6.92 Å². The van der Waals surface area contributed by atoms with E-state index in [4.69, 9.17) is 15.1 Å². The number of aromatic nitrogens is 1. The first kappa shape index (κ1) is 17.0. The van der Waals surface area contributed by atoms with Gasteiger partial charge < -0.3 is 20.4 Å². The van der Waals surface area contributed by atoms with E-state index in [0.29, 0.717) is 5.69 Å². The fourth-order valence-electron chi connectivity index (χ4n) is 1.52. The fraction of sp³-hybridized carbons (Fsp3) is 0.643. The quantitative estimate of drug-likeness (QED) is 0.489. The summed E-state index contributed by atoms with van der Waals surface area (Å²) in [4.78, 5) is 16.2. The zero-order valence-electron chi connectivity index (χ0n) is 13.5. The number of amides is 1. The predicted octanol–water partition coefficient (Wildman–Crippen LogP) is 1.68. The fourth-order valence-corrected chi connectivity index (χ4v) is 1.52. The summed E-state index contributed by atoms with van der Waals surface area (Å²) in [5, 5.41) is 10.4. The van der Waals surface area contributed by atoms with Crippen LogP contribution in [0, 0.1) is 0 Å². The van der Waals surface area contributed by atoms with Crippen molar-refractivity contribution in [2.24, 2.45) is 10.9 Å². The van der Waals surface area contributed by atoms with Crippen molar-refractivity contribution in [3.63, 3.8) is 0 Å².